The van der Waals surface area contributed by atoms with E-state index in [-0.39, 0.29) is 5.91 Å². The number of amides is 1. The fraction of sp³-hybridized carbons (Fsp3) is 0.444. The van der Waals surface area contributed by atoms with Gasteiger partial charge in [-0.3, -0.25) is 4.79 Å². The molecule has 232 valence electrons. The van der Waals surface area contributed by atoms with Crippen molar-refractivity contribution in [3.8, 4) is 23.0 Å². The lowest BCUT2D eigenvalue weighted by Crippen LogP contribution is -2.22. The highest BCUT2D eigenvalue weighted by molar-refractivity contribution is 5.95. The van der Waals surface area contributed by atoms with Crippen molar-refractivity contribution < 1.29 is 18.7 Å². The first kappa shape index (κ1) is 30.0. The van der Waals surface area contributed by atoms with E-state index < -0.39 is 0 Å². The molecule has 0 spiro atoms. The van der Waals surface area contributed by atoms with Gasteiger partial charge in [0.05, 0.1) is 19.2 Å². The van der Waals surface area contributed by atoms with Gasteiger partial charge in [-0.1, -0.05) is 12.1 Å². The fourth-order valence-corrected chi connectivity index (χ4v) is 6.70. The van der Waals surface area contributed by atoms with E-state index in [1.54, 1.807) is 7.11 Å². The SMILES string of the molecule is COc1cc2c(NCC3CCC(c4ccc(C(N)=O)cc4)CC3)cc(-c3ccc(C)o3)nc2cc1OCCCN1CCCC1. The molecule has 8 nitrogen and oxygen atoms in total. The van der Waals surface area contributed by atoms with Crippen LogP contribution in [-0.2, 0) is 0 Å². The molecule has 1 saturated carbocycles. The van der Waals surface area contributed by atoms with E-state index in [2.05, 4.69) is 28.4 Å². The van der Waals surface area contributed by atoms with Gasteiger partial charge < -0.3 is 29.8 Å². The molecule has 8 heteroatoms. The fourth-order valence-electron chi connectivity index (χ4n) is 6.70. The number of ether oxygens (including phenoxy) is 2. The van der Waals surface area contributed by atoms with Gasteiger partial charge in [-0.15, -0.1) is 0 Å². The number of hydrogen-bond acceptors (Lipinski definition) is 7. The van der Waals surface area contributed by atoms with Gasteiger partial charge in [0.2, 0.25) is 5.91 Å². The molecule has 2 aromatic carbocycles. The van der Waals surface area contributed by atoms with Crippen LogP contribution < -0.4 is 20.5 Å². The summed E-state index contributed by atoms with van der Waals surface area (Å²) in [5.74, 6) is 3.74. The number of anilines is 1. The summed E-state index contributed by atoms with van der Waals surface area (Å²) in [6, 6.07) is 17.9. The van der Waals surface area contributed by atoms with E-state index in [4.69, 9.17) is 24.6 Å². The molecule has 4 aromatic rings. The number of nitrogens with one attached hydrogen (secondary N) is 1. The monoisotopic (exact) mass is 596 g/mol. The van der Waals surface area contributed by atoms with Crippen molar-refractivity contribution in [2.75, 3.05) is 45.2 Å². The maximum Gasteiger partial charge on any atom is 0.248 e. The third kappa shape index (κ3) is 7.02. The van der Waals surface area contributed by atoms with Crippen LogP contribution in [0.3, 0.4) is 0 Å². The summed E-state index contributed by atoms with van der Waals surface area (Å²) in [4.78, 5) is 18.9. The number of rotatable bonds is 12. The van der Waals surface area contributed by atoms with Crippen LogP contribution in [0.1, 0.15) is 72.5 Å². The van der Waals surface area contributed by atoms with Crippen LogP contribution in [0.2, 0.25) is 0 Å². The zero-order chi connectivity index (χ0) is 30.5. The topological polar surface area (TPSA) is 103 Å². The van der Waals surface area contributed by atoms with Crippen molar-refractivity contribution in [2.24, 2.45) is 11.7 Å². The number of furan rings is 1. The Labute approximate surface area is 259 Å². The Hall–Kier alpha value is -4.04. The van der Waals surface area contributed by atoms with Crippen molar-refractivity contribution in [2.45, 2.75) is 57.8 Å². The van der Waals surface area contributed by atoms with Crippen molar-refractivity contribution in [3.63, 3.8) is 0 Å². The Morgan fingerprint density at radius 1 is 1.02 bits per heavy atom. The Balaban J connectivity index is 1.16. The van der Waals surface area contributed by atoms with E-state index in [1.165, 1.54) is 31.5 Å². The van der Waals surface area contributed by atoms with E-state index in [0.29, 0.717) is 29.8 Å². The van der Waals surface area contributed by atoms with Gasteiger partial charge in [0.15, 0.2) is 17.3 Å². The second-order valence-corrected chi connectivity index (χ2v) is 12.3. The smallest absolute Gasteiger partial charge is 0.248 e. The van der Waals surface area contributed by atoms with Crippen molar-refractivity contribution >= 4 is 22.5 Å². The molecule has 3 heterocycles. The Morgan fingerprint density at radius 3 is 2.48 bits per heavy atom. The lowest BCUT2D eigenvalue weighted by Gasteiger charge is -2.29. The first-order valence-electron chi connectivity index (χ1n) is 16.0. The standard InChI is InChI=1S/C36H44N4O4/c1-24-6-15-33(44-24)32-21-30(38-23-25-7-9-26(10-8-25)27-11-13-28(14-12-27)36(37)41)29-20-34(42-2)35(22-31(29)39-32)43-19-5-18-40-16-3-4-17-40/h6,11-15,20-22,25-26H,3-5,7-10,16-19,23H2,1-2H3,(H2,37,41)(H,38,39). The molecule has 2 aliphatic rings. The molecule has 0 unspecified atom stereocenters. The van der Waals surface area contributed by atoms with E-state index in [0.717, 1.165) is 84.7 Å². The quantitative estimate of drug-likeness (QED) is 0.167. The highest BCUT2D eigenvalue weighted by atomic mass is 16.5. The lowest BCUT2D eigenvalue weighted by atomic mass is 9.78. The molecule has 3 N–H and O–H groups in total. The van der Waals surface area contributed by atoms with Gasteiger partial charge in [0, 0.05) is 35.8 Å². The summed E-state index contributed by atoms with van der Waals surface area (Å²) in [6.07, 6.45) is 8.12. The summed E-state index contributed by atoms with van der Waals surface area (Å²) in [5.41, 5.74) is 9.93. The maximum atomic E-state index is 11.4. The molecular weight excluding hydrogens is 552 g/mol. The molecule has 6 rings (SSSR count). The number of hydrogen-bond donors (Lipinski definition) is 2. The third-order valence-electron chi connectivity index (χ3n) is 9.26. The number of fused-ring (bicyclic) bond motifs is 1. The van der Waals surface area contributed by atoms with Crippen molar-refractivity contribution in [1.82, 2.24) is 9.88 Å². The molecule has 44 heavy (non-hydrogen) atoms. The third-order valence-corrected chi connectivity index (χ3v) is 9.26. The number of carbonyl (C=O) groups is 1. The summed E-state index contributed by atoms with van der Waals surface area (Å²) < 4.78 is 18.0. The van der Waals surface area contributed by atoms with Gasteiger partial charge in [-0.05, 0) is 119 Å². The number of aryl methyl sites for hydroxylation is 1. The maximum absolute atomic E-state index is 11.4. The Bertz CT molecular complexity index is 1570. The second kappa shape index (κ2) is 13.7. The molecule has 2 aromatic heterocycles. The van der Waals surface area contributed by atoms with Gasteiger partial charge in [-0.25, -0.2) is 4.98 Å². The molecular formula is C36H44N4O4. The molecule has 1 saturated heterocycles. The van der Waals surface area contributed by atoms with Crippen LogP contribution in [-0.4, -0.2) is 55.7 Å². The normalized spacial score (nSPS) is 18.9. The number of pyridine rings is 1. The zero-order valence-corrected chi connectivity index (χ0v) is 25.9. The molecule has 1 amide bonds. The van der Waals surface area contributed by atoms with Crippen molar-refractivity contribution in [1.29, 1.82) is 0 Å². The number of carbonyl (C=O) groups excluding carboxylic acids is 1. The van der Waals surface area contributed by atoms with Gasteiger partial charge in [0.1, 0.15) is 11.5 Å². The second-order valence-electron chi connectivity index (χ2n) is 12.3. The molecule has 0 atom stereocenters. The Morgan fingerprint density at radius 2 is 1.80 bits per heavy atom. The number of likely N-dealkylation sites (tertiary alicyclic amines) is 1. The van der Waals surface area contributed by atoms with Crippen molar-refractivity contribution in [3.05, 3.63) is 71.5 Å². The van der Waals surface area contributed by atoms with Crippen LogP contribution >= 0.6 is 0 Å². The van der Waals surface area contributed by atoms with Crippen LogP contribution in [0.4, 0.5) is 5.69 Å². The number of methoxy groups -OCH3 is 1. The first-order valence-corrected chi connectivity index (χ1v) is 16.0. The number of primary amides is 1. The summed E-state index contributed by atoms with van der Waals surface area (Å²) in [6.45, 7) is 6.92. The number of nitrogens with zero attached hydrogens (tertiary/aromatic N) is 2. The van der Waals surface area contributed by atoms with Crippen LogP contribution in [0.5, 0.6) is 11.5 Å². The minimum Gasteiger partial charge on any atom is -0.493 e. The zero-order valence-electron chi connectivity index (χ0n) is 25.9. The average molecular weight is 597 g/mol. The van der Waals surface area contributed by atoms with Crippen LogP contribution in [0.25, 0.3) is 22.4 Å². The highest BCUT2D eigenvalue weighted by Gasteiger charge is 2.23. The van der Waals surface area contributed by atoms with Gasteiger partial charge >= 0.3 is 0 Å². The van der Waals surface area contributed by atoms with Crippen LogP contribution in [0, 0.1) is 12.8 Å². The van der Waals surface area contributed by atoms with Gasteiger partial charge in [0.25, 0.3) is 0 Å². The van der Waals surface area contributed by atoms with E-state index in [9.17, 15) is 4.79 Å². The first-order chi connectivity index (χ1) is 21.5. The van der Waals surface area contributed by atoms with E-state index >= 15 is 0 Å². The molecule has 1 aliphatic heterocycles. The summed E-state index contributed by atoms with van der Waals surface area (Å²) >= 11 is 0. The predicted molar refractivity (Wildman–Crippen MR) is 175 cm³/mol. The minimum atomic E-state index is -0.380. The summed E-state index contributed by atoms with van der Waals surface area (Å²) in [5, 5.41) is 4.77. The van der Waals surface area contributed by atoms with Gasteiger partial charge in [-0.2, -0.15) is 0 Å². The molecule has 0 bridgehead atoms. The average Bonchev–Trinajstić information content (AvgIpc) is 3.73. The predicted octanol–water partition coefficient (Wildman–Crippen LogP) is 7.16. The molecule has 0 radical (unpaired) electrons. The summed E-state index contributed by atoms with van der Waals surface area (Å²) in [7, 11) is 1.69. The Kier molecular flexibility index (Phi) is 9.36. The lowest BCUT2D eigenvalue weighted by molar-refractivity contribution is 0.1000. The number of benzene rings is 2. The highest BCUT2D eigenvalue weighted by Crippen LogP contribution is 2.39. The van der Waals surface area contributed by atoms with E-state index in [1.807, 2.05) is 43.3 Å². The number of aromatic nitrogens is 1. The minimum absolute atomic E-state index is 0.380. The number of nitrogens with two attached hydrogens (primary N) is 1. The molecule has 2 fully saturated rings. The largest absolute Gasteiger partial charge is 0.493 e. The molecule has 1 aliphatic carbocycles. The van der Waals surface area contributed by atoms with Crippen LogP contribution in [0.15, 0.2) is 59.0 Å².